The van der Waals surface area contributed by atoms with Crippen LogP contribution in [0.4, 0.5) is 13.2 Å². The molecule has 0 saturated carbocycles. The lowest BCUT2D eigenvalue weighted by atomic mass is 9.86. The first-order chi connectivity index (χ1) is 10.4. The number of hydrogen-bond acceptors (Lipinski definition) is 2. The van der Waals surface area contributed by atoms with Crippen molar-refractivity contribution in [1.29, 1.82) is 0 Å². The van der Waals surface area contributed by atoms with Crippen LogP contribution in [0.25, 0.3) is 0 Å². The molecule has 1 N–H and O–H groups in total. The van der Waals surface area contributed by atoms with Crippen molar-refractivity contribution in [3.05, 3.63) is 65.7 Å². The van der Waals surface area contributed by atoms with Gasteiger partial charge in [0.15, 0.2) is 0 Å². The number of phenols is 1. The number of phenolic OH excluding ortho intramolecular Hbond substituents is 1. The van der Waals surface area contributed by atoms with Gasteiger partial charge in [0.1, 0.15) is 5.75 Å². The fourth-order valence-corrected chi connectivity index (χ4v) is 3.99. The minimum atomic E-state index is -4.57. The number of rotatable bonds is 2. The fraction of sp³-hybridized carbons (Fsp3) is 0.176. The Kier molecular flexibility index (Phi) is 3.68. The highest BCUT2D eigenvalue weighted by Gasteiger charge is 2.38. The van der Waals surface area contributed by atoms with E-state index in [1.807, 2.05) is 24.3 Å². The molecular formula is C17H13F3OS. The molecule has 114 valence electrons. The minimum absolute atomic E-state index is 0.313. The van der Waals surface area contributed by atoms with Gasteiger partial charge in [0, 0.05) is 21.3 Å². The van der Waals surface area contributed by atoms with Crippen LogP contribution >= 0.6 is 11.8 Å². The zero-order valence-corrected chi connectivity index (χ0v) is 12.3. The van der Waals surface area contributed by atoms with Crippen LogP contribution in [0.2, 0.25) is 0 Å². The number of alkyl halides is 3. The van der Waals surface area contributed by atoms with E-state index < -0.39 is 17.5 Å². The molecule has 0 fully saturated rings. The molecule has 1 nitrogen and oxygen atoms in total. The average Bonchev–Trinajstić information content (AvgIpc) is 2.46. The normalized spacial score (nSPS) is 16.8. The standard InChI is InChI=1S/C17H13F3OS/c1-2-5-11-10-6-3-4-7-13(10)22-14-9-8-12(17(18,19)20)16(21)15(11)14/h2-4,6-9,11,21H,1,5H2. The molecule has 0 aromatic heterocycles. The van der Waals surface area contributed by atoms with E-state index in [0.717, 1.165) is 16.5 Å². The molecule has 1 atom stereocenters. The number of hydrogen-bond donors (Lipinski definition) is 1. The molecule has 1 unspecified atom stereocenters. The molecule has 0 aliphatic carbocycles. The summed E-state index contributed by atoms with van der Waals surface area (Å²) in [4.78, 5) is 1.66. The smallest absolute Gasteiger partial charge is 0.419 e. The monoisotopic (exact) mass is 322 g/mol. The summed E-state index contributed by atoms with van der Waals surface area (Å²) in [6.45, 7) is 3.69. The van der Waals surface area contributed by atoms with Crippen LogP contribution in [0.3, 0.4) is 0 Å². The Hall–Kier alpha value is -1.88. The van der Waals surface area contributed by atoms with E-state index >= 15 is 0 Å². The van der Waals surface area contributed by atoms with E-state index in [9.17, 15) is 18.3 Å². The Bertz CT molecular complexity index is 737. The molecule has 1 aliphatic rings. The molecule has 0 saturated heterocycles. The van der Waals surface area contributed by atoms with Crippen molar-refractivity contribution < 1.29 is 18.3 Å². The van der Waals surface area contributed by atoms with Gasteiger partial charge in [-0.25, -0.2) is 0 Å². The SMILES string of the molecule is C=CCC1c2ccccc2Sc2ccc(C(F)(F)F)c(O)c21. The maximum atomic E-state index is 13.0. The second-order valence-electron chi connectivity index (χ2n) is 5.09. The van der Waals surface area contributed by atoms with Crippen molar-refractivity contribution in [2.24, 2.45) is 0 Å². The van der Waals surface area contributed by atoms with Crippen molar-refractivity contribution in [2.45, 2.75) is 28.3 Å². The van der Waals surface area contributed by atoms with Crippen molar-refractivity contribution in [1.82, 2.24) is 0 Å². The summed E-state index contributed by atoms with van der Waals surface area (Å²) in [6.07, 6.45) is -2.43. The Morgan fingerprint density at radius 1 is 1.14 bits per heavy atom. The van der Waals surface area contributed by atoms with Crippen LogP contribution in [-0.4, -0.2) is 5.11 Å². The minimum Gasteiger partial charge on any atom is -0.507 e. The molecule has 2 aromatic carbocycles. The number of benzene rings is 2. The first-order valence-electron chi connectivity index (χ1n) is 6.74. The zero-order valence-electron chi connectivity index (χ0n) is 11.5. The number of fused-ring (bicyclic) bond motifs is 2. The molecule has 1 heterocycles. The number of halogens is 3. The Morgan fingerprint density at radius 2 is 1.86 bits per heavy atom. The molecule has 1 aliphatic heterocycles. The Morgan fingerprint density at radius 3 is 2.55 bits per heavy atom. The zero-order chi connectivity index (χ0) is 15.9. The van der Waals surface area contributed by atoms with Crippen molar-refractivity contribution in [2.75, 3.05) is 0 Å². The summed E-state index contributed by atoms with van der Waals surface area (Å²) < 4.78 is 39.1. The predicted octanol–water partition coefficient (Wildman–Crippen LogP) is 5.58. The third-order valence-electron chi connectivity index (χ3n) is 3.75. The third kappa shape index (κ3) is 2.39. The first kappa shape index (κ1) is 15.0. The molecule has 5 heteroatoms. The van der Waals surface area contributed by atoms with Crippen molar-refractivity contribution in [3.8, 4) is 5.75 Å². The molecule has 0 amide bonds. The molecule has 3 rings (SSSR count). The Labute approximate surface area is 130 Å². The summed E-state index contributed by atoms with van der Waals surface area (Å²) in [5, 5.41) is 10.2. The quantitative estimate of drug-likeness (QED) is 0.728. The van der Waals surface area contributed by atoms with Gasteiger partial charge in [0.25, 0.3) is 0 Å². The lowest BCUT2D eigenvalue weighted by molar-refractivity contribution is -0.138. The lowest BCUT2D eigenvalue weighted by Gasteiger charge is -2.29. The third-order valence-corrected chi connectivity index (χ3v) is 4.92. The summed E-state index contributed by atoms with van der Waals surface area (Å²) >= 11 is 1.38. The van der Waals surface area contributed by atoms with E-state index in [1.54, 1.807) is 6.08 Å². The number of aromatic hydroxyl groups is 1. The first-order valence-corrected chi connectivity index (χ1v) is 7.56. The van der Waals surface area contributed by atoms with Crippen LogP contribution in [-0.2, 0) is 6.18 Å². The van der Waals surface area contributed by atoms with Crippen LogP contribution in [0.5, 0.6) is 5.75 Å². The van der Waals surface area contributed by atoms with Gasteiger partial charge < -0.3 is 5.11 Å². The average molecular weight is 322 g/mol. The topological polar surface area (TPSA) is 20.2 Å². The van der Waals surface area contributed by atoms with Crippen LogP contribution in [0.15, 0.2) is 58.8 Å². The van der Waals surface area contributed by atoms with Gasteiger partial charge in [-0.05, 0) is 30.2 Å². The fourth-order valence-electron chi connectivity index (χ4n) is 2.79. The highest BCUT2D eigenvalue weighted by Crippen LogP contribution is 2.52. The van der Waals surface area contributed by atoms with Gasteiger partial charge in [-0.1, -0.05) is 36.0 Å². The van der Waals surface area contributed by atoms with Crippen molar-refractivity contribution >= 4 is 11.8 Å². The van der Waals surface area contributed by atoms with Gasteiger partial charge in [-0.3, -0.25) is 0 Å². The summed E-state index contributed by atoms with van der Waals surface area (Å²) in [7, 11) is 0. The maximum absolute atomic E-state index is 13.0. The van der Waals surface area contributed by atoms with Gasteiger partial charge in [0.2, 0.25) is 0 Å². The molecule has 22 heavy (non-hydrogen) atoms. The van der Waals surface area contributed by atoms with Gasteiger partial charge >= 0.3 is 6.18 Å². The van der Waals surface area contributed by atoms with E-state index in [-0.39, 0.29) is 5.92 Å². The largest absolute Gasteiger partial charge is 0.507 e. The summed E-state index contributed by atoms with van der Waals surface area (Å²) in [6, 6.07) is 9.96. The number of allylic oxidation sites excluding steroid dienone is 1. The van der Waals surface area contributed by atoms with Gasteiger partial charge in [0.05, 0.1) is 5.56 Å². The van der Waals surface area contributed by atoms with E-state index in [1.165, 1.54) is 17.8 Å². The van der Waals surface area contributed by atoms with Crippen LogP contribution in [0, 0.1) is 0 Å². The molecule has 0 radical (unpaired) electrons. The molecular weight excluding hydrogens is 309 g/mol. The predicted molar refractivity (Wildman–Crippen MR) is 80.3 cm³/mol. The lowest BCUT2D eigenvalue weighted by Crippen LogP contribution is -2.12. The van der Waals surface area contributed by atoms with Crippen LogP contribution in [0.1, 0.15) is 29.0 Å². The molecule has 2 aromatic rings. The van der Waals surface area contributed by atoms with E-state index in [4.69, 9.17) is 0 Å². The van der Waals surface area contributed by atoms with E-state index in [2.05, 4.69) is 6.58 Å². The Balaban J connectivity index is 2.23. The van der Waals surface area contributed by atoms with Gasteiger partial charge in [-0.15, -0.1) is 6.58 Å². The second-order valence-corrected chi connectivity index (χ2v) is 6.17. The summed E-state index contributed by atoms with van der Waals surface area (Å²) in [5.74, 6) is -0.980. The molecule has 0 spiro atoms. The highest BCUT2D eigenvalue weighted by molar-refractivity contribution is 7.99. The maximum Gasteiger partial charge on any atom is 0.419 e. The molecule has 0 bridgehead atoms. The highest BCUT2D eigenvalue weighted by atomic mass is 32.2. The second kappa shape index (κ2) is 5.39. The van der Waals surface area contributed by atoms with Gasteiger partial charge in [-0.2, -0.15) is 13.2 Å². The van der Waals surface area contributed by atoms with Crippen LogP contribution < -0.4 is 0 Å². The summed E-state index contributed by atoms with van der Waals surface area (Å²) in [5.41, 5.74) is 0.285. The van der Waals surface area contributed by atoms with E-state index in [0.29, 0.717) is 16.9 Å². The van der Waals surface area contributed by atoms with Crippen molar-refractivity contribution in [3.63, 3.8) is 0 Å².